The minimum absolute atomic E-state index is 0.845. The summed E-state index contributed by atoms with van der Waals surface area (Å²) in [5.41, 5.74) is 14.8. The van der Waals surface area contributed by atoms with E-state index in [0.29, 0.717) is 0 Å². The normalized spacial score (nSPS) is 11.7. The van der Waals surface area contributed by atoms with Gasteiger partial charge in [0.05, 0.1) is 27.9 Å². The van der Waals surface area contributed by atoms with E-state index < -0.39 is 0 Å². The molecule has 3 nitrogen and oxygen atoms in total. The van der Waals surface area contributed by atoms with Gasteiger partial charge in [0.15, 0.2) is 5.58 Å². The molecule has 0 amide bonds. The number of rotatable bonds is 5. The number of para-hydroxylation sites is 4. The molecule has 0 bridgehead atoms. The fraction of sp³-hybridized carbons (Fsp3) is 0. The summed E-state index contributed by atoms with van der Waals surface area (Å²) < 4.78 is 9.49. The first kappa shape index (κ1) is 30.4. The summed E-state index contributed by atoms with van der Waals surface area (Å²) in [6.45, 7) is 0. The fourth-order valence-electron chi connectivity index (χ4n) is 8.31. The summed E-state index contributed by atoms with van der Waals surface area (Å²) in [6.07, 6.45) is 0. The Morgan fingerprint density at radius 3 is 1.70 bits per heavy atom. The van der Waals surface area contributed by atoms with Crippen LogP contribution in [0, 0.1) is 0 Å². The lowest BCUT2D eigenvalue weighted by Gasteiger charge is -2.14. The van der Waals surface area contributed by atoms with Crippen molar-refractivity contribution in [3.8, 4) is 50.3 Å². The van der Waals surface area contributed by atoms with Crippen molar-refractivity contribution in [2.45, 2.75) is 0 Å². The van der Waals surface area contributed by atoms with Crippen LogP contribution in [0.25, 0.3) is 105 Å². The second-order valence-electron chi connectivity index (χ2n) is 13.9. The molecule has 252 valence electrons. The van der Waals surface area contributed by atoms with E-state index in [9.17, 15) is 0 Å². The summed E-state index contributed by atoms with van der Waals surface area (Å²) in [6, 6.07) is 69.0. The van der Waals surface area contributed by atoms with E-state index in [1.54, 1.807) is 0 Å². The van der Waals surface area contributed by atoms with Crippen molar-refractivity contribution in [2.75, 3.05) is 0 Å². The van der Waals surface area contributed by atoms with Crippen LogP contribution in [0.5, 0.6) is 0 Å². The van der Waals surface area contributed by atoms with Crippen molar-refractivity contribution < 1.29 is 4.42 Å². The number of hydrogen-bond acceptors (Lipinski definition) is 2. The highest BCUT2D eigenvalue weighted by molar-refractivity contribution is 6.19. The van der Waals surface area contributed by atoms with Gasteiger partial charge in [-0.1, -0.05) is 146 Å². The van der Waals surface area contributed by atoms with Gasteiger partial charge in [0.2, 0.25) is 0 Å². The van der Waals surface area contributed by atoms with Crippen LogP contribution >= 0.6 is 0 Å². The molecular formula is C51H32N2O. The van der Waals surface area contributed by atoms with Crippen LogP contribution < -0.4 is 0 Å². The van der Waals surface area contributed by atoms with Crippen LogP contribution in [0.15, 0.2) is 199 Å². The van der Waals surface area contributed by atoms with Crippen molar-refractivity contribution >= 4 is 54.6 Å². The maximum atomic E-state index is 7.13. The van der Waals surface area contributed by atoms with Crippen molar-refractivity contribution in [3.05, 3.63) is 194 Å². The van der Waals surface area contributed by atoms with Gasteiger partial charge in [0.1, 0.15) is 5.58 Å². The van der Waals surface area contributed by atoms with Crippen LogP contribution in [-0.2, 0) is 0 Å². The van der Waals surface area contributed by atoms with E-state index >= 15 is 0 Å². The Morgan fingerprint density at radius 1 is 0.389 bits per heavy atom. The molecule has 0 aliphatic heterocycles. The van der Waals surface area contributed by atoms with Crippen LogP contribution in [0.1, 0.15) is 0 Å². The van der Waals surface area contributed by atoms with Gasteiger partial charge >= 0.3 is 0 Å². The molecule has 11 rings (SSSR count). The molecule has 11 aromatic rings. The lowest BCUT2D eigenvalue weighted by Crippen LogP contribution is -1.94. The van der Waals surface area contributed by atoms with Gasteiger partial charge in [-0.05, 0) is 81.9 Å². The van der Waals surface area contributed by atoms with Crippen molar-refractivity contribution in [1.29, 1.82) is 0 Å². The first-order valence-electron chi connectivity index (χ1n) is 18.4. The zero-order valence-corrected chi connectivity index (χ0v) is 29.3. The standard InChI is InChI=1S/C51H32N2O/c1-3-15-33(16-4-1)35-19-13-20-36(29-35)37-30-43(42-32-45(34-17-5-2-6-18-34)52-44-25-10-7-21-38(42)44)50-41-24-14-28-48(51(41)54-49(50)31-37)53-46-26-11-8-22-39(46)40-23-9-12-27-47(40)53/h1-32H. The van der Waals surface area contributed by atoms with E-state index in [4.69, 9.17) is 9.40 Å². The summed E-state index contributed by atoms with van der Waals surface area (Å²) in [5.74, 6) is 0. The molecule has 0 radical (unpaired) electrons. The number of furan rings is 1. The van der Waals surface area contributed by atoms with Gasteiger partial charge in [-0.15, -0.1) is 0 Å². The molecule has 0 N–H and O–H groups in total. The predicted octanol–water partition coefficient (Wildman–Crippen LogP) is 13.9. The molecule has 3 aromatic heterocycles. The highest BCUT2D eigenvalue weighted by Crippen LogP contribution is 2.45. The molecule has 8 aromatic carbocycles. The molecule has 0 unspecified atom stereocenters. The minimum Gasteiger partial charge on any atom is -0.454 e. The molecule has 0 spiro atoms. The Bertz CT molecular complexity index is 3160. The lowest BCUT2D eigenvalue weighted by atomic mass is 9.91. The summed E-state index contributed by atoms with van der Waals surface area (Å²) in [5, 5.41) is 5.71. The average molecular weight is 689 g/mol. The zero-order valence-electron chi connectivity index (χ0n) is 29.3. The number of fused-ring (bicyclic) bond motifs is 7. The molecular weight excluding hydrogens is 657 g/mol. The summed E-state index contributed by atoms with van der Waals surface area (Å²) >= 11 is 0. The van der Waals surface area contributed by atoms with Crippen molar-refractivity contribution in [3.63, 3.8) is 0 Å². The second-order valence-corrected chi connectivity index (χ2v) is 13.9. The second kappa shape index (κ2) is 12.2. The van der Waals surface area contributed by atoms with Crippen LogP contribution in [0.3, 0.4) is 0 Å². The maximum absolute atomic E-state index is 7.13. The molecule has 54 heavy (non-hydrogen) atoms. The van der Waals surface area contributed by atoms with Gasteiger partial charge in [-0.3, -0.25) is 0 Å². The Hall–Kier alpha value is -7.23. The Balaban J connectivity index is 1.24. The smallest absolute Gasteiger partial charge is 0.159 e. The Kier molecular flexibility index (Phi) is 6.86. The monoisotopic (exact) mass is 688 g/mol. The SMILES string of the molecule is c1ccc(-c2cccc(-c3cc(-c4cc(-c5ccccc5)nc5ccccc45)c4c(c3)oc3c(-n5c6ccccc6c6ccccc65)cccc34)c2)cc1. The Labute approximate surface area is 312 Å². The van der Waals surface area contributed by atoms with E-state index in [1.165, 1.54) is 21.9 Å². The lowest BCUT2D eigenvalue weighted by molar-refractivity contribution is 0.666. The predicted molar refractivity (Wildman–Crippen MR) is 225 cm³/mol. The molecule has 3 heterocycles. The minimum atomic E-state index is 0.845. The van der Waals surface area contributed by atoms with E-state index in [-0.39, 0.29) is 0 Å². The first-order chi connectivity index (χ1) is 26.8. The Morgan fingerprint density at radius 2 is 0.963 bits per heavy atom. The van der Waals surface area contributed by atoms with Gasteiger partial charge < -0.3 is 8.98 Å². The molecule has 3 heteroatoms. The molecule has 0 saturated heterocycles. The maximum Gasteiger partial charge on any atom is 0.159 e. The number of hydrogen-bond donors (Lipinski definition) is 0. The highest BCUT2D eigenvalue weighted by atomic mass is 16.3. The first-order valence-corrected chi connectivity index (χ1v) is 18.4. The van der Waals surface area contributed by atoms with Crippen molar-refractivity contribution in [2.24, 2.45) is 0 Å². The molecule has 0 fully saturated rings. The largest absolute Gasteiger partial charge is 0.454 e. The summed E-state index contributed by atoms with van der Waals surface area (Å²) in [4.78, 5) is 5.17. The fourth-order valence-corrected chi connectivity index (χ4v) is 8.31. The van der Waals surface area contributed by atoms with Gasteiger partial charge in [-0.2, -0.15) is 0 Å². The van der Waals surface area contributed by atoms with Crippen LogP contribution in [0.2, 0.25) is 0 Å². The quantitative estimate of drug-likeness (QED) is 0.180. The molecule has 0 aliphatic rings. The van der Waals surface area contributed by atoms with E-state index in [0.717, 1.165) is 83.1 Å². The van der Waals surface area contributed by atoms with E-state index in [1.807, 2.05) is 6.07 Å². The van der Waals surface area contributed by atoms with Crippen LogP contribution in [-0.4, -0.2) is 9.55 Å². The zero-order chi connectivity index (χ0) is 35.6. The molecule has 0 atom stereocenters. The number of nitrogens with zero attached hydrogens (tertiary/aromatic N) is 2. The average Bonchev–Trinajstić information content (AvgIpc) is 3.80. The van der Waals surface area contributed by atoms with Crippen LogP contribution in [0.4, 0.5) is 0 Å². The van der Waals surface area contributed by atoms with Crippen molar-refractivity contribution in [1.82, 2.24) is 9.55 Å². The summed E-state index contributed by atoms with van der Waals surface area (Å²) in [7, 11) is 0. The third-order valence-corrected chi connectivity index (χ3v) is 10.8. The van der Waals surface area contributed by atoms with Gasteiger partial charge in [0.25, 0.3) is 0 Å². The van der Waals surface area contributed by atoms with E-state index in [2.05, 4.69) is 193 Å². The van der Waals surface area contributed by atoms with Gasteiger partial charge in [-0.25, -0.2) is 4.98 Å². The number of benzene rings is 8. The molecule has 0 aliphatic carbocycles. The molecule has 0 saturated carbocycles. The number of aromatic nitrogens is 2. The van der Waals surface area contributed by atoms with Gasteiger partial charge in [0, 0.05) is 32.5 Å². The number of pyridine rings is 1. The third-order valence-electron chi connectivity index (χ3n) is 10.8. The topological polar surface area (TPSA) is 31.0 Å². The highest BCUT2D eigenvalue weighted by Gasteiger charge is 2.22. The third kappa shape index (κ3) is 4.79.